The third-order valence-corrected chi connectivity index (χ3v) is 2.68. The first-order chi connectivity index (χ1) is 9.42. The zero-order chi connectivity index (χ0) is 14.6. The molecule has 0 spiro atoms. The maximum atomic E-state index is 5.59. The van der Waals surface area contributed by atoms with Crippen LogP contribution >= 0.6 is 0 Å². The van der Waals surface area contributed by atoms with Gasteiger partial charge in [0, 0.05) is 19.0 Å². The normalized spacial score (nSPS) is 11.6. The van der Waals surface area contributed by atoms with Crippen molar-refractivity contribution < 1.29 is 9.15 Å². The maximum Gasteiger partial charge on any atom is 0.253 e. The van der Waals surface area contributed by atoms with Crippen LogP contribution < -0.4 is 10.1 Å². The SMILES string of the molecule is Cc1nnc(COc2ccc(CNC(C)(C)C)cc2)o1. The molecular weight excluding hydrogens is 254 g/mol. The molecule has 0 amide bonds. The molecule has 0 fully saturated rings. The van der Waals surface area contributed by atoms with Crippen molar-refractivity contribution in [2.45, 2.75) is 46.4 Å². The van der Waals surface area contributed by atoms with Gasteiger partial charge in [0.1, 0.15) is 5.75 Å². The van der Waals surface area contributed by atoms with Crippen LogP contribution in [0.1, 0.15) is 38.1 Å². The molecule has 5 nitrogen and oxygen atoms in total. The van der Waals surface area contributed by atoms with E-state index >= 15 is 0 Å². The predicted molar refractivity (Wildman–Crippen MR) is 76.4 cm³/mol. The number of nitrogens with one attached hydrogen (secondary N) is 1. The molecule has 20 heavy (non-hydrogen) atoms. The van der Waals surface area contributed by atoms with Crippen LogP contribution in [0.15, 0.2) is 28.7 Å². The lowest BCUT2D eigenvalue weighted by Gasteiger charge is -2.20. The number of benzene rings is 1. The Morgan fingerprint density at radius 3 is 2.40 bits per heavy atom. The molecule has 0 radical (unpaired) electrons. The van der Waals surface area contributed by atoms with Crippen LogP contribution in [0.25, 0.3) is 0 Å². The van der Waals surface area contributed by atoms with Crippen LogP contribution in [-0.4, -0.2) is 15.7 Å². The lowest BCUT2D eigenvalue weighted by atomic mass is 10.1. The Morgan fingerprint density at radius 1 is 1.15 bits per heavy atom. The van der Waals surface area contributed by atoms with E-state index in [0.29, 0.717) is 18.4 Å². The first kappa shape index (κ1) is 14.5. The Labute approximate surface area is 119 Å². The predicted octanol–water partition coefficient (Wildman–Crippen LogP) is 2.85. The minimum atomic E-state index is 0.116. The van der Waals surface area contributed by atoms with Gasteiger partial charge >= 0.3 is 0 Å². The maximum absolute atomic E-state index is 5.59. The second-order valence-corrected chi connectivity index (χ2v) is 5.75. The quantitative estimate of drug-likeness (QED) is 0.909. The summed E-state index contributed by atoms with van der Waals surface area (Å²) in [6, 6.07) is 7.99. The largest absolute Gasteiger partial charge is 0.484 e. The van der Waals surface area contributed by atoms with Crippen LogP contribution in [0, 0.1) is 6.92 Å². The number of hydrogen-bond acceptors (Lipinski definition) is 5. The van der Waals surface area contributed by atoms with E-state index in [9.17, 15) is 0 Å². The summed E-state index contributed by atoms with van der Waals surface area (Å²) in [6.07, 6.45) is 0. The van der Waals surface area contributed by atoms with Crippen LogP contribution in [0.3, 0.4) is 0 Å². The molecule has 0 saturated heterocycles. The molecule has 0 saturated carbocycles. The van der Waals surface area contributed by atoms with Gasteiger partial charge in [-0.3, -0.25) is 0 Å². The van der Waals surface area contributed by atoms with Gasteiger partial charge in [0.2, 0.25) is 5.89 Å². The van der Waals surface area contributed by atoms with Gasteiger partial charge in [0.25, 0.3) is 5.89 Å². The fourth-order valence-corrected chi connectivity index (χ4v) is 1.61. The number of rotatable bonds is 5. The standard InChI is InChI=1S/C15H21N3O2/c1-11-17-18-14(20-11)10-19-13-7-5-12(6-8-13)9-16-15(2,3)4/h5-8,16H,9-10H2,1-4H3. The van der Waals surface area contributed by atoms with E-state index in [-0.39, 0.29) is 5.54 Å². The van der Waals surface area contributed by atoms with Crippen molar-refractivity contribution >= 4 is 0 Å². The highest BCUT2D eigenvalue weighted by Crippen LogP contribution is 2.14. The highest BCUT2D eigenvalue weighted by atomic mass is 16.5. The van der Waals surface area contributed by atoms with Gasteiger partial charge in [-0.25, -0.2) is 0 Å². The second kappa shape index (κ2) is 6.05. The summed E-state index contributed by atoms with van der Waals surface area (Å²) in [5.41, 5.74) is 1.34. The third-order valence-electron chi connectivity index (χ3n) is 2.68. The molecule has 5 heteroatoms. The van der Waals surface area contributed by atoms with Gasteiger partial charge in [0.05, 0.1) is 0 Å². The molecule has 2 rings (SSSR count). The lowest BCUT2D eigenvalue weighted by Crippen LogP contribution is -2.34. The van der Waals surface area contributed by atoms with Crippen LogP contribution in [0.5, 0.6) is 5.75 Å². The molecule has 1 heterocycles. The van der Waals surface area contributed by atoms with Crippen molar-refractivity contribution in [3.05, 3.63) is 41.6 Å². The summed E-state index contributed by atoms with van der Waals surface area (Å²) in [6.45, 7) is 9.34. The fourth-order valence-electron chi connectivity index (χ4n) is 1.61. The Balaban J connectivity index is 1.85. The average Bonchev–Trinajstić information content (AvgIpc) is 2.80. The van der Waals surface area contributed by atoms with E-state index < -0.39 is 0 Å². The Hall–Kier alpha value is -1.88. The molecule has 1 N–H and O–H groups in total. The summed E-state index contributed by atoms with van der Waals surface area (Å²) in [5.74, 6) is 1.83. The first-order valence-electron chi connectivity index (χ1n) is 6.68. The van der Waals surface area contributed by atoms with Gasteiger partial charge in [-0.1, -0.05) is 12.1 Å². The Kier molecular flexibility index (Phi) is 4.39. The number of aromatic nitrogens is 2. The molecule has 0 aliphatic rings. The van der Waals surface area contributed by atoms with E-state index in [1.807, 2.05) is 24.3 Å². The second-order valence-electron chi connectivity index (χ2n) is 5.75. The van der Waals surface area contributed by atoms with Gasteiger partial charge in [-0.2, -0.15) is 0 Å². The monoisotopic (exact) mass is 275 g/mol. The minimum Gasteiger partial charge on any atom is -0.484 e. The van der Waals surface area contributed by atoms with Crippen LogP contribution in [0.2, 0.25) is 0 Å². The van der Waals surface area contributed by atoms with E-state index in [4.69, 9.17) is 9.15 Å². The molecule has 0 unspecified atom stereocenters. The number of aryl methyl sites for hydroxylation is 1. The van der Waals surface area contributed by atoms with Gasteiger partial charge < -0.3 is 14.5 Å². The summed E-state index contributed by atoms with van der Waals surface area (Å²) < 4.78 is 10.8. The van der Waals surface area contributed by atoms with Crippen molar-refractivity contribution in [3.63, 3.8) is 0 Å². The van der Waals surface area contributed by atoms with E-state index in [2.05, 4.69) is 36.3 Å². The number of ether oxygens (including phenoxy) is 1. The van der Waals surface area contributed by atoms with Gasteiger partial charge in [-0.05, 0) is 38.5 Å². The topological polar surface area (TPSA) is 60.2 Å². The van der Waals surface area contributed by atoms with Crippen molar-refractivity contribution in [3.8, 4) is 5.75 Å². The molecule has 0 bridgehead atoms. The highest BCUT2D eigenvalue weighted by molar-refractivity contribution is 5.27. The molecule has 1 aromatic heterocycles. The molecule has 2 aromatic rings. The number of nitrogens with zero attached hydrogens (tertiary/aromatic N) is 2. The molecule has 0 aliphatic heterocycles. The minimum absolute atomic E-state index is 0.116. The van der Waals surface area contributed by atoms with Crippen molar-refractivity contribution in [2.75, 3.05) is 0 Å². The van der Waals surface area contributed by atoms with Gasteiger partial charge in [-0.15, -0.1) is 10.2 Å². The molecule has 0 aliphatic carbocycles. The zero-order valence-electron chi connectivity index (χ0n) is 12.4. The lowest BCUT2D eigenvalue weighted by molar-refractivity contribution is 0.260. The number of hydrogen-bond donors (Lipinski definition) is 1. The highest BCUT2D eigenvalue weighted by Gasteiger charge is 2.08. The summed E-state index contributed by atoms with van der Waals surface area (Å²) >= 11 is 0. The van der Waals surface area contributed by atoms with Crippen LogP contribution in [0.4, 0.5) is 0 Å². The Morgan fingerprint density at radius 2 is 1.85 bits per heavy atom. The first-order valence-corrected chi connectivity index (χ1v) is 6.68. The summed E-state index contributed by atoms with van der Waals surface area (Å²) in [7, 11) is 0. The smallest absolute Gasteiger partial charge is 0.253 e. The van der Waals surface area contributed by atoms with E-state index in [0.717, 1.165) is 12.3 Å². The molecule has 1 aromatic carbocycles. The van der Waals surface area contributed by atoms with E-state index in [1.54, 1.807) is 6.92 Å². The zero-order valence-corrected chi connectivity index (χ0v) is 12.4. The van der Waals surface area contributed by atoms with Crippen molar-refractivity contribution in [1.29, 1.82) is 0 Å². The van der Waals surface area contributed by atoms with Crippen LogP contribution in [-0.2, 0) is 13.2 Å². The van der Waals surface area contributed by atoms with Crippen molar-refractivity contribution in [2.24, 2.45) is 0 Å². The van der Waals surface area contributed by atoms with Gasteiger partial charge in [0.15, 0.2) is 6.61 Å². The summed E-state index contributed by atoms with van der Waals surface area (Å²) in [5, 5.41) is 11.1. The molecule has 108 valence electrons. The fraction of sp³-hybridized carbons (Fsp3) is 0.467. The summed E-state index contributed by atoms with van der Waals surface area (Å²) in [4.78, 5) is 0. The van der Waals surface area contributed by atoms with E-state index in [1.165, 1.54) is 5.56 Å². The average molecular weight is 275 g/mol. The molecule has 0 atom stereocenters. The molecular formula is C15H21N3O2. The van der Waals surface area contributed by atoms with Crippen molar-refractivity contribution in [1.82, 2.24) is 15.5 Å². The Bertz CT molecular complexity index is 541. The third kappa shape index (κ3) is 4.66.